The fourth-order valence-corrected chi connectivity index (χ4v) is 1.40. The Kier molecular flexibility index (Phi) is 3.89. The van der Waals surface area contributed by atoms with Gasteiger partial charge >= 0.3 is 5.97 Å². The molecule has 0 aliphatic heterocycles. The smallest absolute Gasteiger partial charge is 0.340 e. The van der Waals surface area contributed by atoms with E-state index in [1.165, 1.54) is 0 Å². The van der Waals surface area contributed by atoms with Crippen molar-refractivity contribution >= 4 is 17.6 Å². The van der Waals surface area contributed by atoms with E-state index in [1.54, 1.807) is 19.2 Å². The Morgan fingerprint density at radius 3 is 2.93 bits per heavy atom. The maximum Gasteiger partial charge on any atom is 0.340 e. The van der Waals surface area contributed by atoms with Gasteiger partial charge in [0.25, 0.3) is 0 Å². The quantitative estimate of drug-likeness (QED) is 0.571. The number of rotatable bonds is 3. The van der Waals surface area contributed by atoms with Crippen molar-refractivity contribution in [3.05, 3.63) is 29.1 Å². The number of halogens is 1. The van der Waals surface area contributed by atoms with Gasteiger partial charge in [0, 0.05) is 6.20 Å². The first-order valence-corrected chi connectivity index (χ1v) is 4.91. The molecule has 76 valence electrons. The first kappa shape index (κ1) is 11.0. The van der Waals surface area contributed by atoms with E-state index in [2.05, 4.69) is 4.98 Å². The summed E-state index contributed by atoms with van der Waals surface area (Å²) in [4.78, 5) is 15.6. The molecule has 1 aromatic heterocycles. The Bertz CT molecular complexity index is 339. The van der Waals surface area contributed by atoms with Gasteiger partial charge in [-0.05, 0) is 25.5 Å². The maximum absolute atomic E-state index is 11.5. The third-order valence-electron chi connectivity index (χ3n) is 1.84. The topological polar surface area (TPSA) is 39.2 Å². The second-order valence-corrected chi connectivity index (χ2v) is 3.07. The lowest BCUT2D eigenvalue weighted by Crippen LogP contribution is -2.10. The number of hydrogen-bond donors (Lipinski definition) is 0. The molecule has 1 aromatic rings. The van der Waals surface area contributed by atoms with Crippen LogP contribution in [0.15, 0.2) is 12.3 Å². The molecule has 0 N–H and O–H groups in total. The minimum absolute atomic E-state index is 0.218. The fraction of sp³-hybridized carbons (Fsp3) is 0.400. The zero-order chi connectivity index (χ0) is 10.6. The maximum atomic E-state index is 11.5. The standard InChI is InChI=1S/C10H12ClNO2/c1-3-14-10(13)9-7(2)4-5-12-8(9)6-11/h4-5H,3,6H2,1-2H3. The summed E-state index contributed by atoms with van der Waals surface area (Å²) >= 11 is 5.68. The number of nitrogens with zero attached hydrogens (tertiary/aromatic N) is 1. The molecule has 0 amide bonds. The van der Waals surface area contributed by atoms with Gasteiger partial charge in [-0.1, -0.05) is 0 Å². The van der Waals surface area contributed by atoms with Crippen molar-refractivity contribution in [3.63, 3.8) is 0 Å². The Morgan fingerprint density at radius 1 is 1.64 bits per heavy atom. The van der Waals surface area contributed by atoms with E-state index in [0.29, 0.717) is 17.9 Å². The molecule has 0 fully saturated rings. The zero-order valence-corrected chi connectivity index (χ0v) is 8.97. The van der Waals surface area contributed by atoms with Crippen molar-refractivity contribution in [2.45, 2.75) is 19.7 Å². The lowest BCUT2D eigenvalue weighted by molar-refractivity contribution is 0.0524. The van der Waals surface area contributed by atoms with Crippen LogP contribution >= 0.6 is 11.6 Å². The highest BCUT2D eigenvalue weighted by molar-refractivity contribution is 6.17. The molecule has 0 atom stereocenters. The number of pyridine rings is 1. The van der Waals surface area contributed by atoms with E-state index in [1.807, 2.05) is 6.92 Å². The Labute approximate surface area is 88.1 Å². The van der Waals surface area contributed by atoms with Gasteiger partial charge in [-0.3, -0.25) is 4.98 Å². The van der Waals surface area contributed by atoms with Crippen LogP contribution in [0, 0.1) is 6.92 Å². The van der Waals surface area contributed by atoms with Crippen LogP contribution in [0.1, 0.15) is 28.5 Å². The van der Waals surface area contributed by atoms with E-state index in [4.69, 9.17) is 16.3 Å². The van der Waals surface area contributed by atoms with Crippen LogP contribution < -0.4 is 0 Å². The molecule has 0 saturated heterocycles. The summed E-state index contributed by atoms with van der Waals surface area (Å²) in [5, 5.41) is 0. The van der Waals surface area contributed by atoms with Crippen LogP contribution in [0.4, 0.5) is 0 Å². The lowest BCUT2D eigenvalue weighted by Gasteiger charge is -2.08. The van der Waals surface area contributed by atoms with Gasteiger partial charge in [-0.2, -0.15) is 0 Å². The predicted molar refractivity (Wildman–Crippen MR) is 54.5 cm³/mol. The molecule has 0 radical (unpaired) electrons. The molecule has 3 nitrogen and oxygen atoms in total. The normalized spacial score (nSPS) is 9.93. The average molecular weight is 214 g/mol. The summed E-state index contributed by atoms with van der Waals surface area (Å²) in [7, 11) is 0. The van der Waals surface area contributed by atoms with E-state index >= 15 is 0 Å². The van der Waals surface area contributed by atoms with Gasteiger partial charge in [-0.15, -0.1) is 11.6 Å². The summed E-state index contributed by atoms with van der Waals surface area (Å²) in [6.07, 6.45) is 1.63. The second kappa shape index (κ2) is 4.96. The second-order valence-electron chi connectivity index (χ2n) is 2.80. The van der Waals surface area contributed by atoms with Crippen LogP contribution in [0.5, 0.6) is 0 Å². The Morgan fingerprint density at radius 2 is 2.36 bits per heavy atom. The summed E-state index contributed by atoms with van der Waals surface area (Å²) in [5.41, 5.74) is 1.91. The van der Waals surface area contributed by atoms with Crippen molar-refractivity contribution < 1.29 is 9.53 Å². The van der Waals surface area contributed by atoms with Crippen LogP contribution in [0.25, 0.3) is 0 Å². The minimum Gasteiger partial charge on any atom is -0.462 e. The molecule has 0 saturated carbocycles. The highest BCUT2D eigenvalue weighted by atomic mass is 35.5. The number of carbonyl (C=O) groups is 1. The highest BCUT2D eigenvalue weighted by Gasteiger charge is 2.15. The number of aryl methyl sites for hydroxylation is 1. The van der Waals surface area contributed by atoms with Crippen LogP contribution in [-0.4, -0.2) is 17.6 Å². The van der Waals surface area contributed by atoms with E-state index in [0.717, 1.165) is 5.56 Å². The third kappa shape index (κ3) is 2.23. The van der Waals surface area contributed by atoms with Gasteiger partial charge in [0.05, 0.1) is 23.7 Å². The van der Waals surface area contributed by atoms with Crippen LogP contribution in [0.3, 0.4) is 0 Å². The molecule has 0 aliphatic carbocycles. The van der Waals surface area contributed by atoms with Crippen LogP contribution in [-0.2, 0) is 10.6 Å². The van der Waals surface area contributed by atoms with Crippen molar-refractivity contribution in [3.8, 4) is 0 Å². The predicted octanol–water partition coefficient (Wildman–Crippen LogP) is 2.31. The van der Waals surface area contributed by atoms with Gasteiger partial charge in [0.15, 0.2) is 0 Å². The Hall–Kier alpha value is -1.09. The summed E-state index contributed by atoms with van der Waals surface area (Å²) in [6, 6.07) is 1.77. The molecule has 4 heteroatoms. The zero-order valence-electron chi connectivity index (χ0n) is 8.21. The van der Waals surface area contributed by atoms with Crippen LogP contribution in [0.2, 0.25) is 0 Å². The molecule has 0 spiro atoms. The Balaban J connectivity index is 3.10. The van der Waals surface area contributed by atoms with Gasteiger partial charge in [0.2, 0.25) is 0 Å². The molecule has 14 heavy (non-hydrogen) atoms. The lowest BCUT2D eigenvalue weighted by atomic mass is 10.1. The number of hydrogen-bond acceptors (Lipinski definition) is 3. The molecule has 0 aliphatic rings. The third-order valence-corrected chi connectivity index (χ3v) is 2.10. The summed E-state index contributed by atoms with van der Waals surface area (Å²) in [5.74, 6) is -0.135. The average Bonchev–Trinajstić information content (AvgIpc) is 2.17. The monoisotopic (exact) mass is 213 g/mol. The summed E-state index contributed by atoms with van der Waals surface area (Å²) in [6.45, 7) is 3.96. The first-order valence-electron chi connectivity index (χ1n) is 4.38. The van der Waals surface area contributed by atoms with Gasteiger partial charge < -0.3 is 4.74 Å². The first-order chi connectivity index (χ1) is 6.70. The van der Waals surface area contributed by atoms with E-state index < -0.39 is 0 Å². The molecular weight excluding hydrogens is 202 g/mol. The number of esters is 1. The largest absolute Gasteiger partial charge is 0.462 e. The fourth-order valence-electron chi connectivity index (χ4n) is 1.20. The molecule has 1 rings (SSSR count). The number of alkyl halides is 1. The van der Waals surface area contributed by atoms with Crippen molar-refractivity contribution in [1.82, 2.24) is 4.98 Å². The van der Waals surface area contributed by atoms with Crippen molar-refractivity contribution in [2.75, 3.05) is 6.61 Å². The van der Waals surface area contributed by atoms with Gasteiger partial charge in [-0.25, -0.2) is 4.79 Å². The highest BCUT2D eigenvalue weighted by Crippen LogP contribution is 2.14. The minimum atomic E-state index is -0.353. The molecule has 0 aromatic carbocycles. The van der Waals surface area contributed by atoms with E-state index in [-0.39, 0.29) is 11.8 Å². The van der Waals surface area contributed by atoms with Gasteiger partial charge in [0.1, 0.15) is 0 Å². The molecule has 0 unspecified atom stereocenters. The number of ether oxygens (including phenoxy) is 1. The van der Waals surface area contributed by atoms with Crippen molar-refractivity contribution in [2.24, 2.45) is 0 Å². The molecule has 1 heterocycles. The number of carbonyl (C=O) groups excluding carboxylic acids is 1. The SMILES string of the molecule is CCOC(=O)c1c(C)ccnc1CCl. The van der Waals surface area contributed by atoms with Crippen molar-refractivity contribution in [1.29, 1.82) is 0 Å². The summed E-state index contributed by atoms with van der Waals surface area (Å²) < 4.78 is 4.91. The molecule has 0 bridgehead atoms. The number of aromatic nitrogens is 1. The molecular formula is C10H12ClNO2. The van der Waals surface area contributed by atoms with E-state index in [9.17, 15) is 4.79 Å².